The average molecular weight is 664 g/mol. The minimum absolute atomic E-state index is 0.0503. The summed E-state index contributed by atoms with van der Waals surface area (Å²) < 4.78 is 56.9. The number of carbonyl (C=O) groups is 1. The number of esters is 1. The normalized spacial score (nSPS) is 24.0. The minimum Gasteiger partial charge on any atom is -0.463 e. The molecule has 12 heteroatoms. The molecule has 264 valence electrons. The summed E-state index contributed by atoms with van der Waals surface area (Å²) in [4.78, 5) is 11.4. The molecule has 11 nitrogen and oxygen atoms in total. The fourth-order valence-electron chi connectivity index (χ4n) is 6.11. The third-order valence-corrected chi connectivity index (χ3v) is 8.98. The van der Waals surface area contributed by atoms with Crippen LogP contribution in [0.4, 0.5) is 0 Å². The zero-order chi connectivity index (χ0) is 32.8. The number of rotatable bonds is 28. The Hall–Kier alpha value is -1.12. The van der Waals surface area contributed by atoms with Gasteiger partial charge in [-0.25, -0.2) is 8.98 Å². The van der Waals surface area contributed by atoms with Crippen LogP contribution in [-0.4, -0.2) is 80.6 Å². The van der Waals surface area contributed by atoms with Gasteiger partial charge in [0, 0.05) is 25.5 Å². The number of aliphatic hydroxyl groups is 1. The Morgan fingerprint density at radius 3 is 2.18 bits per heavy atom. The molecule has 1 unspecified atom stereocenters. The first-order valence-electron chi connectivity index (χ1n) is 17.5. The molecule has 0 aromatic rings. The van der Waals surface area contributed by atoms with Crippen LogP contribution in [0.5, 0.6) is 0 Å². The zero-order valence-electron chi connectivity index (χ0n) is 27.6. The van der Waals surface area contributed by atoms with E-state index in [2.05, 4.69) is 4.18 Å². The van der Waals surface area contributed by atoms with Gasteiger partial charge < -0.3 is 29.8 Å². The van der Waals surface area contributed by atoms with Crippen LogP contribution in [0.15, 0.2) is 12.2 Å². The molecule has 0 amide bonds. The zero-order valence-corrected chi connectivity index (χ0v) is 28.4. The average Bonchev–Trinajstić information content (AvgIpc) is 3.30. The second kappa shape index (κ2) is 23.2. The summed E-state index contributed by atoms with van der Waals surface area (Å²) >= 11 is 0. The lowest BCUT2D eigenvalue weighted by molar-refractivity contribution is -0.214. The van der Waals surface area contributed by atoms with Crippen molar-refractivity contribution >= 4 is 16.4 Å². The lowest BCUT2D eigenvalue weighted by atomic mass is 9.94. The fourth-order valence-corrected chi connectivity index (χ4v) is 6.46. The highest BCUT2D eigenvalue weighted by Gasteiger charge is 2.52. The van der Waals surface area contributed by atoms with Crippen molar-refractivity contribution in [2.24, 2.45) is 5.73 Å². The van der Waals surface area contributed by atoms with Crippen LogP contribution < -0.4 is 5.73 Å². The van der Waals surface area contributed by atoms with E-state index in [0.717, 1.165) is 64.2 Å². The van der Waals surface area contributed by atoms with Crippen molar-refractivity contribution in [3.8, 4) is 0 Å². The number of aliphatic hydroxyl groups excluding tert-OH is 1. The van der Waals surface area contributed by atoms with E-state index >= 15 is 0 Å². The van der Waals surface area contributed by atoms with Crippen LogP contribution in [0.25, 0.3) is 0 Å². The molecule has 2 aliphatic rings. The highest BCUT2D eigenvalue weighted by molar-refractivity contribution is 7.80. The Balaban J connectivity index is 1.39. The third kappa shape index (κ3) is 18.7. The number of allylic oxidation sites excluding steroid dienone is 1. The van der Waals surface area contributed by atoms with E-state index < -0.39 is 28.3 Å². The van der Waals surface area contributed by atoms with Gasteiger partial charge in [-0.1, -0.05) is 83.1 Å². The van der Waals surface area contributed by atoms with Gasteiger partial charge in [-0.3, -0.25) is 4.55 Å². The molecule has 5 atom stereocenters. The molecular formula is C33H61NO10S. The first-order chi connectivity index (χ1) is 21.6. The Bertz CT molecular complexity index is 917. The van der Waals surface area contributed by atoms with Gasteiger partial charge >= 0.3 is 16.4 Å². The smallest absolute Gasteiger partial charge is 0.397 e. The molecule has 0 aliphatic carbocycles. The molecule has 45 heavy (non-hydrogen) atoms. The molecule has 0 saturated carbocycles. The van der Waals surface area contributed by atoms with Crippen molar-refractivity contribution in [2.45, 2.75) is 165 Å². The van der Waals surface area contributed by atoms with Gasteiger partial charge in [-0.05, 0) is 45.4 Å². The molecule has 0 aromatic heterocycles. The fraction of sp³-hybridized carbons (Fsp3) is 0.909. The largest absolute Gasteiger partial charge is 0.463 e. The number of ether oxygens (including phenoxy) is 4. The van der Waals surface area contributed by atoms with Crippen molar-refractivity contribution in [1.29, 1.82) is 0 Å². The van der Waals surface area contributed by atoms with Gasteiger partial charge in [0.2, 0.25) is 0 Å². The molecular weight excluding hydrogens is 602 g/mol. The number of nitrogens with two attached hydrogens (primary N) is 1. The summed E-state index contributed by atoms with van der Waals surface area (Å²) in [5.74, 6) is -0.803. The van der Waals surface area contributed by atoms with E-state index in [1.165, 1.54) is 70.3 Å². The molecule has 2 fully saturated rings. The topological polar surface area (TPSA) is 164 Å². The minimum atomic E-state index is -4.45. The first kappa shape index (κ1) is 40.1. The quantitative estimate of drug-likeness (QED) is 0.0394. The first-order valence-corrected chi connectivity index (χ1v) is 18.8. The van der Waals surface area contributed by atoms with Crippen molar-refractivity contribution in [3.05, 3.63) is 12.2 Å². The second-order valence-electron chi connectivity index (χ2n) is 12.6. The van der Waals surface area contributed by atoms with Crippen LogP contribution in [0.1, 0.15) is 135 Å². The Morgan fingerprint density at radius 2 is 1.56 bits per heavy atom. The highest BCUT2D eigenvalue weighted by Crippen LogP contribution is 2.44. The van der Waals surface area contributed by atoms with Crippen molar-refractivity contribution in [3.63, 3.8) is 0 Å². The molecule has 2 aliphatic heterocycles. The number of hydrogen-bond donors (Lipinski definition) is 3. The van der Waals surface area contributed by atoms with E-state index in [0.29, 0.717) is 13.2 Å². The van der Waals surface area contributed by atoms with Crippen LogP contribution in [0.2, 0.25) is 0 Å². The molecule has 2 rings (SSSR count). The van der Waals surface area contributed by atoms with Crippen LogP contribution >= 0.6 is 0 Å². The summed E-state index contributed by atoms with van der Waals surface area (Å²) in [6.07, 6.45) is 24.4. The van der Waals surface area contributed by atoms with E-state index in [1.54, 1.807) is 6.92 Å². The van der Waals surface area contributed by atoms with E-state index in [4.69, 9.17) is 29.2 Å². The van der Waals surface area contributed by atoms with Gasteiger partial charge in [-0.15, -0.1) is 0 Å². The summed E-state index contributed by atoms with van der Waals surface area (Å²) in [5.41, 5.74) is 5.67. The van der Waals surface area contributed by atoms with E-state index in [-0.39, 0.29) is 31.4 Å². The molecule has 2 heterocycles. The van der Waals surface area contributed by atoms with E-state index in [9.17, 15) is 18.3 Å². The summed E-state index contributed by atoms with van der Waals surface area (Å²) in [6, 6.07) is -0.584. The Morgan fingerprint density at radius 1 is 0.933 bits per heavy atom. The number of fused-ring (bicyclic) bond motifs is 2. The Labute approximate surface area is 271 Å². The van der Waals surface area contributed by atoms with Gasteiger partial charge in [0.15, 0.2) is 5.79 Å². The number of hydrogen-bond acceptors (Lipinski definition) is 10. The maximum atomic E-state index is 11.4. The molecule has 0 radical (unpaired) electrons. The lowest BCUT2D eigenvalue weighted by Crippen LogP contribution is -2.41. The SMILES string of the molecule is CCOC(=O)/C=C/CCCC[C@H]1O[C@]2(CCCCCCCCCCCCCCCOCC(N)COS(=O)(=O)O)CC[C@@H](O)[C@H]1O2. The van der Waals surface area contributed by atoms with Crippen molar-refractivity contribution in [2.75, 3.05) is 26.4 Å². The van der Waals surface area contributed by atoms with Crippen LogP contribution in [0.3, 0.4) is 0 Å². The van der Waals surface area contributed by atoms with Gasteiger partial charge in [0.25, 0.3) is 0 Å². The number of unbranched alkanes of at least 4 members (excludes halogenated alkanes) is 14. The molecule has 0 aromatic carbocycles. The predicted molar refractivity (Wildman–Crippen MR) is 173 cm³/mol. The Kier molecular flexibility index (Phi) is 20.7. The van der Waals surface area contributed by atoms with Crippen molar-refractivity contribution < 1.29 is 46.0 Å². The predicted octanol–water partition coefficient (Wildman–Crippen LogP) is 5.93. The highest BCUT2D eigenvalue weighted by atomic mass is 32.3. The summed E-state index contributed by atoms with van der Waals surface area (Å²) in [6.45, 7) is 2.69. The van der Waals surface area contributed by atoms with E-state index in [1.807, 2.05) is 6.08 Å². The maximum absolute atomic E-state index is 11.4. The monoisotopic (exact) mass is 663 g/mol. The molecule has 2 bridgehead atoms. The van der Waals surface area contributed by atoms with Crippen LogP contribution in [0, 0.1) is 0 Å². The van der Waals surface area contributed by atoms with Gasteiger partial charge in [0.05, 0.1) is 38.1 Å². The second-order valence-corrected chi connectivity index (χ2v) is 13.7. The van der Waals surface area contributed by atoms with Crippen LogP contribution in [-0.2, 0) is 38.3 Å². The van der Waals surface area contributed by atoms with Gasteiger partial charge in [0.1, 0.15) is 6.10 Å². The molecule has 0 spiro atoms. The van der Waals surface area contributed by atoms with Crippen molar-refractivity contribution in [1.82, 2.24) is 0 Å². The third-order valence-electron chi connectivity index (χ3n) is 8.54. The standard InChI is InChI=1S/C33H61NO10S/c1-2-41-31(36)21-17-13-12-16-20-30-32-29(35)22-24-33(43-30,44-32)23-18-14-10-8-6-4-3-5-7-9-11-15-19-25-40-26-28(34)27-42-45(37,38)39/h17,21,28-30,32,35H,2-16,18-20,22-27,34H2,1H3,(H,37,38,39)/b21-17+/t28?,29-,30-,32-,33+/m1/s1. The maximum Gasteiger partial charge on any atom is 0.397 e. The summed E-state index contributed by atoms with van der Waals surface area (Å²) in [7, 11) is -4.45. The van der Waals surface area contributed by atoms with Gasteiger partial charge in [-0.2, -0.15) is 8.42 Å². The lowest BCUT2D eigenvalue weighted by Gasteiger charge is -2.33. The molecule has 2 saturated heterocycles. The summed E-state index contributed by atoms with van der Waals surface area (Å²) in [5, 5.41) is 10.5. The molecule has 4 N–H and O–H groups in total. The number of carbonyl (C=O) groups excluding carboxylic acids is 1.